The first-order valence-electron chi connectivity index (χ1n) is 5.47. The Hall–Kier alpha value is -1.71. The summed E-state index contributed by atoms with van der Waals surface area (Å²) in [6, 6.07) is 8.48. The fourth-order valence-electron chi connectivity index (χ4n) is 1.37. The third-order valence-corrected chi connectivity index (χ3v) is 2.90. The Morgan fingerprint density at radius 2 is 2.16 bits per heavy atom. The Balaban J connectivity index is 1.90. The van der Waals surface area contributed by atoms with Crippen LogP contribution in [-0.2, 0) is 16.1 Å². The van der Waals surface area contributed by atoms with E-state index in [1.165, 1.54) is 18.4 Å². The normalized spacial score (nSPS) is 10.8. The fourth-order valence-corrected chi connectivity index (χ4v) is 1.84. The van der Waals surface area contributed by atoms with Crippen molar-refractivity contribution < 1.29 is 13.9 Å². The van der Waals surface area contributed by atoms with E-state index in [4.69, 9.17) is 32.4 Å². The Bertz CT molecular complexity index is 589. The molecule has 1 aromatic carbocycles. The molecule has 3 nitrogen and oxygen atoms in total. The molecule has 5 heteroatoms. The molecule has 0 radical (unpaired) electrons. The van der Waals surface area contributed by atoms with Crippen molar-refractivity contribution in [3.05, 3.63) is 64.0 Å². The molecule has 0 atom stereocenters. The van der Waals surface area contributed by atoms with Crippen LogP contribution in [0.2, 0.25) is 10.0 Å². The molecule has 0 spiro atoms. The van der Waals surface area contributed by atoms with Crippen molar-refractivity contribution in [3.63, 3.8) is 0 Å². The van der Waals surface area contributed by atoms with Gasteiger partial charge in [-0.2, -0.15) is 0 Å². The van der Waals surface area contributed by atoms with Crippen LogP contribution in [0.25, 0.3) is 6.08 Å². The van der Waals surface area contributed by atoms with Gasteiger partial charge in [-0.1, -0.05) is 29.3 Å². The summed E-state index contributed by atoms with van der Waals surface area (Å²) in [6.45, 7) is 0.0946. The molecule has 0 bridgehead atoms. The SMILES string of the molecule is O=C(/C=C/c1ccco1)OCc1ccc(Cl)cc1Cl. The van der Waals surface area contributed by atoms with E-state index in [-0.39, 0.29) is 6.61 Å². The number of hydrogen-bond acceptors (Lipinski definition) is 3. The second-order valence-corrected chi connectivity index (χ2v) is 4.54. The predicted molar refractivity (Wildman–Crippen MR) is 74.0 cm³/mol. The van der Waals surface area contributed by atoms with Gasteiger partial charge < -0.3 is 9.15 Å². The van der Waals surface area contributed by atoms with E-state index in [0.29, 0.717) is 21.4 Å². The highest BCUT2D eigenvalue weighted by atomic mass is 35.5. The first kappa shape index (κ1) is 13.7. The number of rotatable bonds is 4. The van der Waals surface area contributed by atoms with Crippen LogP contribution in [0.3, 0.4) is 0 Å². The Morgan fingerprint density at radius 3 is 2.84 bits per heavy atom. The van der Waals surface area contributed by atoms with E-state index in [1.54, 1.807) is 30.3 Å². The van der Waals surface area contributed by atoms with Gasteiger partial charge in [0.25, 0.3) is 0 Å². The van der Waals surface area contributed by atoms with Gasteiger partial charge >= 0.3 is 5.97 Å². The van der Waals surface area contributed by atoms with Gasteiger partial charge in [-0.05, 0) is 30.3 Å². The average Bonchev–Trinajstić information content (AvgIpc) is 2.88. The van der Waals surface area contributed by atoms with Gasteiger partial charge in [-0.25, -0.2) is 4.79 Å². The van der Waals surface area contributed by atoms with Crippen LogP contribution in [0, 0.1) is 0 Å². The molecular formula is C14H10Cl2O3. The van der Waals surface area contributed by atoms with Crippen LogP contribution >= 0.6 is 23.2 Å². The van der Waals surface area contributed by atoms with Crippen molar-refractivity contribution in [2.24, 2.45) is 0 Å². The Kier molecular flexibility index (Phi) is 4.66. The number of carbonyl (C=O) groups excluding carboxylic acids is 1. The van der Waals surface area contributed by atoms with Gasteiger partial charge in [0.15, 0.2) is 0 Å². The minimum atomic E-state index is -0.470. The van der Waals surface area contributed by atoms with Crippen molar-refractivity contribution in [2.75, 3.05) is 0 Å². The molecule has 1 heterocycles. The topological polar surface area (TPSA) is 39.4 Å². The molecule has 2 aromatic rings. The van der Waals surface area contributed by atoms with Crippen LogP contribution in [0.1, 0.15) is 11.3 Å². The number of hydrogen-bond donors (Lipinski definition) is 0. The molecule has 1 aromatic heterocycles. The summed E-state index contributed by atoms with van der Waals surface area (Å²) in [7, 11) is 0. The molecule has 0 amide bonds. The van der Waals surface area contributed by atoms with E-state index in [2.05, 4.69) is 0 Å². The third kappa shape index (κ3) is 4.16. The lowest BCUT2D eigenvalue weighted by Crippen LogP contribution is -2.01. The highest BCUT2D eigenvalue weighted by Crippen LogP contribution is 2.21. The molecular weight excluding hydrogens is 287 g/mol. The second-order valence-electron chi connectivity index (χ2n) is 3.69. The molecule has 98 valence electrons. The number of halogens is 2. The van der Waals surface area contributed by atoms with Crippen molar-refractivity contribution in [1.82, 2.24) is 0 Å². The summed E-state index contributed by atoms with van der Waals surface area (Å²) >= 11 is 11.7. The standard InChI is InChI=1S/C14H10Cl2O3/c15-11-4-3-10(13(16)8-11)9-19-14(17)6-5-12-2-1-7-18-12/h1-8H,9H2/b6-5+. The maximum atomic E-state index is 11.5. The summed E-state index contributed by atoms with van der Waals surface area (Å²) < 4.78 is 10.1. The summed E-state index contributed by atoms with van der Waals surface area (Å²) in [5.74, 6) is 0.115. The number of benzene rings is 1. The largest absolute Gasteiger partial charge is 0.465 e. The lowest BCUT2D eigenvalue weighted by molar-refractivity contribution is -0.138. The van der Waals surface area contributed by atoms with Gasteiger partial charge in [0.05, 0.1) is 6.26 Å². The predicted octanol–water partition coefficient (Wildman–Crippen LogP) is 4.34. The zero-order valence-electron chi connectivity index (χ0n) is 9.81. The highest BCUT2D eigenvalue weighted by molar-refractivity contribution is 6.35. The Morgan fingerprint density at radius 1 is 1.32 bits per heavy atom. The minimum absolute atomic E-state index is 0.0946. The fraction of sp³-hybridized carbons (Fsp3) is 0.0714. The summed E-state index contributed by atoms with van der Waals surface area (Å²) in [5, 5.41) is 1.01. The Labute approximate surface area is 120 Å². The van der Waals surface area contributed by atoms with Crippen LogP contribution in [-0.4, -0.2) is 5.97 Å². The average molecular weight is 297 g/mol. The van der Waals surface area contributed by atoms with Crippen LogP contribution in [0.5, 0.6) is 0 Å². The van der Waals surface area contributed by atoms with Crippen LogP contribution < -0.4 is 0 Å². The zero-order chi connectivity index (χ0) is 13.7. The van der Waals surface area contributed by atoms with Gasteiger partial charge in [0.1, 0.15) is 12.4 Å². The zero-order valence-corrected chi connectivity index (χ0v) is 11.3. The van der Waals surface area contributed by atoms with Crippen LogP contribution in [0.15, 0.2) is 47.1 Å². The maximum absolute atomic E-state index is 11.5. The summed E-state index contributed by atoms with van der Waals surface area (Å²) in [5.41, 5.74) is 0.700. The second kappa shape index (κ2) is 6.45. The van der Waals surface area contributed by atoms with E-state index in [0.717, 1.165) is 0 Å². The number of ether oxygens (including phenoxy) is 1. The van der Waals surface area contributed by atoms with E-state index in [1.807, 2.05) is 0 Å². The molecule has 0 aliphatic heterocycles. The van der Waals surface area contributed by atoms with Gasteiger partial charge in [-0.15, -0.1) is 0 Å². The molecule has 0 saturated carbocycles. The lowest BCUT2D eigenvalue weighted by atomic mass is 10.2. The number of esters is 1. The lowest BCUT2D eigenvalue weighted by Gasteiger charge is -2.04. The molecule has 0 unspecified atom stereocenters. The van der Waals surface area contributed by atoms with Gasteiger partial charge in [0.2, 0.25) is 0 Å². The van der Waals surface area contributed by atoms with Gasteiger partial charge in [0, 0.05) is 21.7 Å². The quantitative estimate of drug-likeness (QED) is 0.622. The first-order valence-corrected chi connectivity index (χ1v) is 6.23. The van der Waals surface area contributed by atoms with E-state index >= 15 is 0 Å². The van der Waals surface area contributed by atoms with E-state index in [9.17, 15) is 4.79 Å². The molecule has 0 saturated heterocycles. The molecule has 0 aliphatic rings. The van der Waals surface area contributed by atoms with Crippen molar-refractivity contribution in [2.45, 2.75) is 6.61 Å². The van der Waals surface area contributed by atoms with Gasteiger partial charge in [-0.3, -0.25) is 0 Å². The molecule has 0 aliphatic carbocycles. The number of carbonyl (C=O) groups is 1. The molecule has 2 rings (SSSR count). The summed E-state index contributed by atoms with van der Waals surface area (Å²) in [4.78, 5) is 11.5. The monoisotopic (exact) mass is 296 g/mol. The van der Waals surface area contributed by atoms with Crippen molar-refractivity contribution >= 4 is 35.2 Å². The molecule has 0 fully saturated rings. The van der Waals surface area contributed by atoms with Crippen molar-refractivity contribution in [3.8, 4) is 0 Å². The minimum Gasteiger partial charge on any atom is -0.465 e. The van der Waals surface area contributed by atoms with E-state index < -0.39 is 5.97 Å². The number of furan rings is 1. The van der Waals surface area contributed by atoms with Crippen molar-refractivity contribution in [1.29, 1.82) is 0 Å². The van der Waals surface area contributed by atoms with Crippen LogP contribution in [0.4, 0.5) is 0 Å². The maximum Gasteiger partial charge on any atom is 0.331 e. The molecule has 0 N–H and O–H groups in total. The third-order valence-electron chi connectivity index (χ3n) is 2.31. The summed E-state index contributed by atoms with van der Waals surface area (Å²) in [6.07, 6.45) is 4.35. The highest BCUT2D eigenvalue weighted by Gasteiger charge is 2.04. The smallest absolute Gasteiger partial charge is 0.331 e. The molecule has 19 heavy (non-hydrogen) atoms. The first-order chi connectivity index (χ1) is 9.15.